The number of nitrogens with two attached hydrogens (primary N) is 1. The van der Waals surface area contributed by atoms with E-state index in [2.05, 4.69) is 26.1 Å². The minimum Gasteiger partial charge on any atom is -0.323 e. The number of anilines is 1. The molecule has 1 heterocycles. The van der Waals surface area contributed by atoms with Crippen molar-refractivity contribution in [2.45, 2.75) is 11.3 Å². The summed E-state index contributed by atoms with van der Waals surface area (Å²) < 4.78 is 28.0. The molecule has 0 aliphatic rings. The molecule has 0 unspecified atom stereocenters. The number of hydrogen-bond acceptors (Lipinski definition) is 5. The summed E-state index contributed by atoms with van der Waals surface area (Å²) in [6.07, 6.45) is 0.647. The van der Waals surface area contributed by atoms with E-state index in [0.717, 1.165) is 8.66 Å². The van der Waals surface area contributed by atoms with Crippen molar-refractivity contribution in [2.75, 3.05) is 12.0 Å². The van der Waals surface area contributed by atoms with E-state index in [1.807, 2.05) is 12.1 Å². The second-order valence-corrected chi connectivity index (χ2v) is 8.28. The summed E-state index contributed by atoms with van der Waals surface area (Å²) in [5.41, 5.74) is 2.76. The largest absolute Gasteiger partial charge is 0.323 e. The molecule has 0 fully saturated rings. The Morgan fingerprint density at radius 2 is 1.95 bits per heavy atom. The van der Waals surface area contributed by atoms with Crippen LogP contribution in [-0.4, -0.2) is 15.0 Å². The average Bonchev–Trinajstić information content (AvgIpc) is 2.84. The van der Waals surface area contributed by atoms with E-state index >= 15 is 0 Å². The number of halogens is 1. The summed E-state index contributed by atoms with van der Waals surface area (Å²) in [4.78, 5) is 1.26. The van der Waals surface area contributed by atoms with Crippen molar-refractivity contribution in [3.05, 3.63) is 45.1 Å². The van der Waals surface area contributed by atoms with Crippen LogP contribution in [0.25, 0.3) is 0 Å². The molecule has 20 heavy (non-hydrogen) atoms. The van der Waals surface area contributed by atoms with Crippen molar-refractivity contribution in [1.29, 1.82) is 0 Å². The molecule has 0 saturated heterocycles. The fraction of sp³-hybridized carbons (Fsp3) is 0.167. The molecule has 0 radical (unpaired) electrons. The molecule has 4 N–H and O–H groups in total. The number of nitrogen functional groups attached to an aromatic ring is 1. The number of sulfonamides is 1. The van der Waals surface area contributed by atoms with E-state index in [4.69, 9.17) is 5.84 Å². The molecule has 108 valence electrons. The molecule has 0 aliphatic carbocycles. The third-order valence-corrected chi connectivity index (χ3v) is 5.83. The second-order valence-electron chi connectivity index (χ2n) is 3.99. The molecule has 0 bridgehead atoms. The van der Waals surface area contributed by atoms with Gasteiger partial charge in [0.25, 0.3) is 0 Å². The van der Waals surface area contributed by atoms with Gasteiger partial charge in [-0.1, -0.05) is 12.1 Å². The van der Waals surface area contributed by atoms with Gasteiger partial charge in [-0.05, 0) is 46.6 Å². The Morgan fingerprint density at radius 1 is 1.20 bits per heavy atom. The van der Waals surface area contributed by atoms with Crippen LogP contribution in [0.5, 0.6) is 0 Å². The van der Waals surface area contributed by atoms with Crippen molar-refractivity contribution in [3.8, 4) is 0 Å². The summed E-state index contributed by atoms with van der Waals surface area (Å²) in [5.74, 6) is 5.32. The van der Waals surface area contributed by atoms with Gasteiger partial charge in [0.2, 0.25) is 10.0 Å². The number of hydrogen-bond donors (Lipinski definition) is 3. The lowest BCUT2D eigenvalue weighted by Gasteiger charge is -2.10. The van der Waals surface area contributed by atoms with Gasteiger partial charge in [-0.3, -0.25) is 5.84 Å². The Hall–Kier alpha value is -0.930. The summed E-state index contributed by atoms with van der Waals surface area (Å²) >= 11 is 4.97. The number of hydrazine groups is 1. The molecule has 1 aromatic carbocycles. The molecule has 8 heteroatoms. The van der Waals surface area contributed by atoms with Crippen LogP contribution in [0.4, 0.5) is 5.69 Å². The van der Waals surface area contributed by atoms with Crippen LogP contribution in [0.1, 0.15) is 4.88 Å². The molecule has 0 atom stereocenters. The highest BCUT2D eigenvalue weighted by Gasteiger charge is 2.17. The van der Waals surface area contributed by atoms with Crippen LogP contribution in [-0.2, 0) is 16.4 Å². The Bertz CT molecular complexity index is 686. The van der Waals surface area contributed by atoms with E-state index in [1.165, 1.54) is 6.07 Å². The summed E-state index contributed by atoms with van der Waals surface area (Å²) in [5, 5.41) is 0. The first-order chi connectivity index (χ1) is 9.53. The minimum atomic E-state index is -3.57. The van der Waals surface area contributed by atoms with Crippen molar-refractivity contribution in [2.24, 2.45) is 5.84 Å². The molecule has 1 aromatic heterocycles. The van der Waals surface area contributed by atoms with Gasteiger partial charge in [-0.2, -0.15) is 0 Å². The number of thiophene rings is 1. The van der Waals surface area contributed by atoms with E-state index in [9.17, 15) is 8.42 Å². The van der Waals surface area contributed by atoms with Crippen LogP contribution in [0.15, 0.2) is 45.1 Å². The van der Waals surface area contributed by atoms with Crippen LogP contribution >= 0.6 is 27.3 Å². The first-order valence-corrected chi connectivity index (χ1v) is 8.92. The monoisotopic (exact) mass is 375 g/mol. The zero-order valence-corrected chi connectivity index (χ0v) is 13.7. The highest BCUT2D eigenvalue weighted by Crippen LogP contribution is 2.23. The standard InChI is InChI=1S/C12H14BrN3O2S2/c13-12-6-5-9(19-12)7-8-15-20(17,18)11-4-2-1-3-10(11)16-14/h1-6,15-16H,7-8,14H2. The Balaban J connectivity index is 2.04. The molecule has 2 aromatic rings. The predicted molar refractivity (Wildman–Crippen MR) is 85.2 cm³/mol. The van der Waals surface area contributed by atoms with E-state index in [1.54, 1.807) is 29.5 Å². The average molecular weight is 376 g/mol. The molecule has 5 nitrogen and oxygen atoms in total. The first-order valence-electron chi connectivity index (χ1n) is 5.82. The van der Waals surface area contributed by atoms with E-state index in [-0.39, 0.29) is 4.90 Å². The van der Waals surface area contributed by atoms with Crippen molar-refractivity contribution in [1.82, 2.24) is 4.72 Å². The SMILES string of the molecule is NNc1ccccc1S(=O)(=O)NCCc1ccc(Br)s1. The molecule has 0 amide bonds. The Labute approximate surface area is 130 Å². The minimum absolute atomic E-state index is 0.148. The van der Waals surface area contributed by atoms with Crippen molar-refractivity contribution >= 4 is 43.0 Å². The molecular formula is C12H14BrN3O2S2. The fourth-order valence-corrected chi connectivity index (χ4v) is 4.38. The summed E-state index contributed by atoms with van der Waals surface area (Å²) in [6.45, 7) is 0.341. The van der Waals surface area contributed by atoms with Gasteiger partial charge in [0.15, 0.2) is 0 Å². The molecule has 0 spiro atoms. The zero-order chi connectivity index (χ0) is 14.6. The predicted octanol–water partition coefficient (Wildman–Crippen LogP) is 2.32. The lowest BCUT2D eigenvalue weighted by atomic mass is 10.3. The number of rotatable bonds is 6. The maximum absolute atomic E-state index is 12.2. The quantitative estimate of drug-likeness (QED) is 0.534. The van der Waals surface area contributed by atoms with Crippen molar-refractivity contribution in [3.63, 3.8) is 0 Å². The van der Waals surface area contributed by atoms with Crippen molar-refractivity contribution < 1.29 is 8.42 Å². The summed E-state index contributed by atoms with van der Waals surface area (Å²) in [7, 11) is -3.57. The Morgan fingerprint density at radius 3 is 2.60 bits per heavy atom. The lowest BCUT2D eigenvalue weighted by Crippen LogP contribution is -2.27. The van der Waals surface area contributed by atoms with Crippen LogP contribution < -0.4 is 16.0 Å². The van der Waals surface area contributed by atoms with Gasteiger partial charge < -0.3 is 5.43 Å². The number of benzene rings is 1. The first kappa shape index (κ1) is 15.5. The second kappa shape index (κ2) is 6.68. The third-order valence-electron chi connectivity index (χ3n) is 2.62. The molecule has 0 saturated carbocycles. The Kier molecular flexibility index (Phi) is 5.17. The lowest BCUT2D eigenvalue weighted by molar-refractivity contribution is 0.582. The third kappa shape index (κ3) is 3.80. The highest BCUT2D eigenvalue weighted by molar-refractivity contribution is 9.11. The number of para-hydroxylation sites is 1. The topological polar surface area (TPSA) is 84.2 Å². The molecular weight excluding hydrogens is 362 g/mol. The highest BCUT2D eigenvalue weighted by atomic mass is 79.9. The molecule has 2 rings (SSSR count). The fourth-order valence-electron chi connectivity index (χ4n) is 1.69. The van der Waals surface area contributed by atoms with E-state index in [0.29, 0.717) is 18.7 Å². The molecule has 0 aliphatic heterocycles. The van der Waals surface area contributed by atoms with Gasteiger partial charge in [0, 0.05) is 11.4 Å². The smallest absolute Gasteiger partial charge is 0.242 e. The maximum Gasteiger partial charge on any atom is 0.242 e. The van der Waals surface area contributed by atoms with Gasteiger partial charge in [0.05, 0.1) is 9.47 Å². The van der Waals surface area contributed by atoms with Crippen LogP contribution in [0.2, 0.25) is 0 Å². The maximum atomic E-state index is 12.2. The van der Waals surface area contributed by atoms with Gasteiger partial charge >= 0.3 is 0 Å². The summed E-state index contributed by atoms with van der Waals surface area (Å²) in [6, 6.07) is 10.4. The van der Waals surface area contributed by atoms with E-state index < -0.39 is 10.0 Å². The van der Waals surface area contributed by atoms with Gasteiger partial charge in [0.1, 0.15) is 4.90 Å². The van der Waals surface area contributed by atoms with Crippen LogP contribution in [0.3, 0.4) is 0 Å². The normalized spacial score (nSPS) is 11.5. The van der Waals surface area contributed by atoms with Gasteiger partial charge in [-0.25, -0.2) is 13.1 Å². The number of nitrogens with one attached hydrogen (secondary N) is 2. The van der Waals surface area contributed by atoms with Crippen LogP contribution in [0, 0.1) is 0 Å². The van der Waals surface area contributed by atoms with Gasteiger partial charge in [-0.15, -0.1) is 11.3 Å². The zero-order valence-electron chi connectivity index (χ0n) is 10.5.